The Labute approximate surface area is 161 Å². The second-order valence-corrected chi connectivity index (χ2v) is 7.64. The van der Waals surface area contributed by atoms with Gasteiger partial charge in [0.05, 0.1) is 0 Å². The van der Waals surface area contributed by atoms with Crippen LogP contribution in [-0.2, 0) is 9.53 Å². The third kappa shape index (κ3) is 5.17. The van der Waals surface area contributed by atoms with Crippen LogP contribution in [0.15, 0.2) is 53.3 Å². The fourth-order valence-corrected chi connectivity index (χ4v) is 2.59. The quantitative estimate of drug-likeness (QED) is 0.756. The summed E-state index contributed by atoms with van der Waals surface area (Å²) in [7, 11) is 1.59. The van der Waals surface area contributed by atoms with E-state index >= 15 is 0 Å². The summed E-state index contributed by atoms with van der Waals surface area (Å²) in [6, 6.07) is 5.97. The van der Waals surface area contributed by atoms with Crippen LogP contribution in [0.4, 0.5) is 0 Å². The third-order valence-corrected chi connectivity index (χ3v) is 4.13. The molecule has 1 N–H and O–H groups in total. The van der Waals surface area contributed by atoms with E-state index in [1.165, 1.54) is 0 Å². The summed E-state index contributed by atoms with van der Waals surface area (Å²) in [6.45, 7) is 13.9. The molecule has 0 radical (unpaired) electrons. The van der Waals surface area contributed by atoms with E-state index in [1.54, 1.807) is 19.5 Å². The summed E-state index contributed by atoms with van der Waals surface area (Å²) in [5, 5.41) is 3.05. The minimum Gasteiger partial charge on any atom is -0.468 e. The average Bonchev–Trinajstić information content (AvgIpc) is 2.96. The molecule has 0 unspecified atom stereocenters. The largest absolute Gasteiger partial charge is 0.468 e. The molecular formula is C22H28N2O3. The van der Waals surface area contributed by atoms with E-state index in [9.17, 15) is 4.79 Å². The van der Waals surface area contributed by atoms with Crippen molar-refractivity contribution in [1.82, 2.24) is 5.32 Å². The molecule has 1 aromatic rings. The number of nitrogens with one attached hydrogen (secondary N) is 1. The molecule has 0 fully saturated rings. The van der Waals surface area contributed by atoms with Gasteiger partial charge in [0.1, 0.15) is 11.6 Å². The number of methoxy groups -OCH3 is 1. The van der Waals surface area contributed by atoms with Gasteiger partial charge in [0.15, 0.2) is 12.6 Å². The van der Waals surface area contributed by atoms with Gasteiger partial charge >= 0.3 is 0 Å². The highest BCUT2D eigenvalue weighted by Crippen LogP contribution is 2.27. The first-order chi connectivity index (χ1) is 12.6. The minimum absolute atomic E-state index is 0.0459. The number of carbonyl (C=O) groups excluding carboxylic acids is 1. The molecule has 0 aromatic heterocycles. The zero-order valence-electron chi connectivity index (χ0n) is 17.0. The predicted octanol–water partition coefficient (Wildman–Crippen LogP) is 4.40. The number of ketones is 1. The molecule has 0 saturated carbocycles. The first-order valence-corrected chi connectivity index (χ1v) is 8.83. The molecule has 0 aliphatic carbocycles. The minimum atomic E-state index is -0.460. The maximum absolute atomic E-state index is 12.5. The first kappa shape index (κ1) is 20.6. The lowest BCUT2D eigenvalue weighted by Gasteiger charge is -2.17. The molecule has 0 saturated heterocycles. The Bertz CT molecular complexity index is 840. The molecule has 5 nitrogen and oxygen atoms in total. The molecular weight excluding hydrogens is 340 g/mol. The monoisotopic (exact) mass is 368 g/mol. The number of benzene rings is 1. The zero-order valence-corrected chi connectivity index (χ0v) is 17.0. The molecule has 1 aromatic carbocycles. The van der Waals surface area contributed by atoms with Gasteiger partial charge in [-0.1, -0.05) is 33.4 Å². The SMILES string of the molecule is C=C1C(C(=O)C(C)(C)C)=CNC1=N/C=C(\C)c1cc(C)cc(OCOC)c1. The van der Waals surface area contributed by atoms with Crippen LogP contribution in [0.2, 0.25) is 0 Å². The van der Waals surface area contributed by atoms with E-state index in [0.29, 0.717) is 17.0 Å². The van der Waals surface area contributed by atoms with Gasteiger partial charge in [0.25, 0.3) is 0 Å². The van der Waals surface area contributed by atoms with Crippen molar-refractivity contribution in [3.63, 3.8) is 0 Å². The van der Waals surface area contributed by atoms with E-state index in [2.05, 4.69) is 23.0 Å². The van der Waals surface area contributed by atoms with Crippen molar-refractivity contribution in [1.29, 1.82) is 0 Å². The lowest BCUT2D eigenvalue weighted by molar-refractivity contribution is -0.122. The van der Waals surface area contributed by atoms with Crippen molar-refractivity contribution in [2.24, 2.45) is 10.4 Å². The second kappa shape index (κ2) is 8.35. The number of hydrogen-bond donors (Lipinski definition) is 1. The van der Waals surface area contributed by atoms with E-state index in [-0.39, 0.29) is 12.6 Å². The van der Waals surface area contributed by atoms with Gasteiger partial charge < -0.3 is 14.8 Å². The van der Waals surface area contributed by atoms with Crippen molar-refractivity contribution >= 4 is 17.2 Å². The summed E-state index contributed by atoms with van der Waals surface area (Å²) in [5.74, 6) is 1.38. The van der Waals surface area contributed by atoms with E-state index in [4.69, 9.17) is 9.47 Å². The van der Waals surface area contributed by atoms with Crippen molar-refractivity contribution < 1.29 is 14.3 Å². The average molecular weight is 368 g/mol. The number of nitrogens with zero attached hydrogens (tertiary/aromatic N) is 1. The van der Waals surface area contributed by atoms with Crippen molar-refractivity contribution in [3.8, 4) is 5.75 Å². The Kier molecular flexibility index (Phi) is 6.39. The number of Topliss-reactive ketones (excluding diaryl/α,β-unsaturated/α-hetero) is 1. The number of allylic oxidation sites excluding steroid dienone is 1. The van der Waals surface area contributed by atoms with Gasteiger partial charge in [0.2, 0.25) is 0 Å². The Hall–Kier alpha value is -2.66. The van der Waals surface area contributed by atoms with Crippen LogP contribution in [-0.4, -0.2) is 25.5 Å². The lowest BCUT2D eigenvalue weighted by Crippen LogP contribution is -2.22. The molecule has 1 aliphatic rings. The van der Waals surface area contributed by atoms with Crippen LogP contribution in [0.1, 0.15) is 38.8 Å². The van der Waals surface area contributed by atoms with Crippen LogP contribution in [0.3, 0.4) is 0 Å². The van der Waals surface area contributed by atoms with Crippen molar-refractivity contribution in [3.05, 3.63) is 59.5 Å². The summed E-state index contributed by atoms with van der Waals surface area (Å²) in [4.78, 5) is 17.0. The van der Waals surface area contributed by atoms with Gasteiger partial charge in [-0.05, 0) is 42.7 Å². The molecule has 27 heavy (non-hydrogen) atoms. The highest BCUT2D eigenvalue weighted by molar-refractivity contribution is 6.18. The normalized spacial score (nSPS) is 16.4. The molecule has 144 valence electrons. The highest BCUT2D eigenvalue weighted by Gasteiger charge is 2.30. The molecule has 0 spiro atoms. The van der Waals surface area contributed by atoms with Gasteiger partial charge in [-0.25, -0.2) is 4.99 Å². The number of rotatable bonds is 6. The molecule has 2 rings (SSSR count). The summed E-state index contributed by atoms with van der Waals surface area (Å²) in [5.41, 5.74) is 3.80. The predicted molar refractivity (Wildman–Crippen MR) is 110 cm³/mol. The molecule has 0 bridgehead atoms. The second-order valence-electron chi connectivity index (χ2n) is 7.64. The van der Waals surface area contributed by atoms with E-state index in [1.807, 2.05) is 46.8 Å². The smallest absolute Gasteiger partial charge is 0.188 e. The number of ether oxygens (including phenoxy) is 2. The zero-order chi connectivity index (χ0) is 20.2. The first-order valence-electron chi connectivity index (χ1n) is 8.83. The topological polar surface area (TPSA) is 59.9 Å². The lowest BCUT2D eigenvalue weighted by atomic mass is 9.85. The van der Waals surface area contributed by atoms with E-state index < -0.39 is 5.41 Å². The Morgan fingerprint density at radius 2 is 2.00 bits per heavy atom. The van der Waals surface area contributed by atoms with E-state index in [0.717, 1.165) is 22.4 Å². The number of aryl methyl sites for hydroxylation is 1. The highest BCUT2D eigenvalue weighted by atomic mass is 16.7. The third-order valence-electron chi connectivity index (χ3n) is 4.13. The van der Waals surface area contributed by atoms with Crippen molar-refractivity contribution in [2.75, 3.05) is 13.9 Å². The van der Waals surface area contributed by atoms with Gasteiger partial charge in [0, 0.05) is 36.1 Å². The van der Waals surface area contributed by atoms with Gasteiger partial charge in [-0.3, -0.25) is 4.79 Å². The van der Waals surface area contributed by atoms with Crippen LogP contribution in [0, 0.1) is 12.3 Å². The van der Waals surface area contributed by atoms with Crippen LogP contribution in [0.25, 0.3) is 5.57 Å². The number of amidine groups is 1. The fraction of sp³-hybridized carbons (Fsp3) is 0.364. The Morgan fingerprint density at radius 3 is 2.63 bits per heavy atom. The molecule has 0 amide bonds. The maximum Gasteiger partial charge on any atom is 0.188 e. The maximum atomic E-state index is 12.5. The number of aliphatic imine (C=N–C) groups is 1. The van der Waals surface area contributed by atoms with Crippen LogP contribution < -0.4 is 10.1 Å². The number of hydrogen-bond acceptors (Lipinski definition) is 4. The summed E-state index contributed by atoms with van der Waals surface area (Å²) in [6.07, 6.45) is 3.45. The molecule has 1 heterocycles. The Balaban J connectivity index is 2.19. The molecule has 5 heteroatoms. The number of carbonyl (C=O) groups is 1. The van der Waals surface area contributed by atoms with Crippen molar-refractivity contribution in [2.45, 2.75) is 34.6 Å². The standard InChI is InChI=1S/C22H28N2O3/c1-14-8-17(10-18(9-14)27-13-26-7)15(2)11-23-21-16(3)19(12-24-21)20(25)22(4,5)6/h8-12H,3,13H2,1-2,4-7H3,(H,23,24)/b15-11+. The molecule has 0 atom stereocenters. The fourth-order valence-electron chi connectivity index (χ4n) is 2.59. The Morgan fingerprint density at radius 1 is 1.30 bits per heavy atom. The van der Waals surface area contributed by atoms with Gasteiger partial charge in [-0.2, -0.15) is 0 Å². The van der Waals surface area contributed by atoms with Crippen LogP contribution in [0.5, 0.6) is 5.75 Å². The van der Waals surface area contributed by atoms with Gasteiger partial charge in [-0.15, -0.1) is 0 Å². The molecule has 1 aliphatic heterocycles. The summed E-state index contributed by atoms with van der Waals surface area (Å²) >= 11 is 0. The van der Waals surface area contributed by atoms with Crippen LogP contribution >= 0.6 is 0 Å². The summed E-state index contributed by atoms with van der Waals surface area (Å²) < 4.78 is 10.5.